The van der Waals surface area contributed by atoms with Gasteiger partial charge in [0, 0.05) is 22.8 Å². The topological polar surface area (TPSA) is 75.3 Å². The Hall–Kier alpha value is -2.90. The second-order valence-electron chi connectivity index (χ2n) is 5.91. The summed E-state index contributed by atoms with van der Waals surface area (Å²) in [6.07, 6.45) is 0. The van der Waals surface area contributed by atoms with Crippen LogP contribution in [0.5, 0.6) is 0 Å². The van der Waals surface area contributed by atoms with Crippen LogP contribution in [0.2, 0.25) is 5.02 Å². The third-order valence-electron chi connectivity index (χ3n) is 3.90. The molecule has 0 radical (unpaired) electrons. The summed E-state index contributed by atoms with van der Waals surface area (Å²) in [6.45, 7) is 0.212. The van der Waals surface area contributed by atoms with E-state index in [-0.39, 0.29) is 22.7 Å². The lowest BCUT2D eigenvalue weighted by atomic mass is 10.2. The fraction of sp³-hybridized carbons (Fsp3) is 0.0500. The normalized spacial score (nSPS) is 11.1. The summed E-state index contributed by atoms with van der Waals surface area (Å²) in [4.78, 5) is 12.3. The van der Waals surface area contributed by atoms with Crippen LogP contribution in [0.3, 0.4) is 0 Å². The highest BCUT2D eigenvalue weighted by Gasteiger charge is 2.17. The number of rotatable bonds is 6. The summed E-state index contributed by atoms with van der Waals surface area (Å²) in [5.41, 5.74) is 1.16. The van der Waals surface area contributed by atoms with Gasteiger partial charge in [0.15, 0.2) is 0 Å². The molecule has 3 rings (SSSR count). The van der Waals surface area contributed by atoms with Crippen molar-refractivity contribution in [3.8, 4) is 0 Å². The molecule has 0 aromatic heterocycles. The van der Waals surface area contributed by atoms with Gasteiger partial charge in [0.05, 0.1) is 4.90 Å². The van der Waals surface area contributed by atoms with Crippen LogP contribution in [0.4, 0.5) is 10.1 Å². The van der Waals surface area contributed by atoms with Crippen LogP contribution >= 0.6 is 11.6 Å². The standard InChI is InChI=1S/C20H16ClFN2O3S/c21-19-7-2-1-4-15(19)13-23-20(25)14-5-3-6-18(12-14)28(26,27)24-17-10-8-16(22)9-11-17/h1-12,24H,13H2,(H,23,25). The number of amides is 1. The van der Waals surface area contributed by atoms with E-state index < -0.39 is 21.7 Å². The number of hydrogen-bond acceptors (Lipinski definition) is 3. The molecular weight excluding hydrogens is 403 g/mol. The van der Waals surface area contributed by atoms with Crippen molar-refractivity contribution < 1.29 is 17.6 Å². The zero-order chi connectivity index (χ0) is 20.1. The smallest absolute Gasteiger partial charge is 0.261 e. The third kappa shape index (κ3) is 4.88. The molecule has 0 aliphatic rings. The number of benzene rings is 3. The molecule has 3 aromatic carbocycles. The fourth-order valence-electron chi connectivity index (χ4n) is 2.46. The Morgan fingerprint density at radius 3 is 2.39 bits per heavy atom. The summed E-state index contributed by atoms with van der Waals surface area (Å²) < 4.78 is 40.4. The number of sulfonamides is 1. The monoisotopic (exact) mass is 418 g/mol. The zero-order valence-electron chi connectivity index (χ0n) is 14.5. The van der Waals surface area contributed by atoms with Gasteiger partial charge >= 0.3 is 0 Å². The van der Waals surface area contributed by atoms with E-state index in [9.17, 15) is 17.6 Å². The highest BCUT2D eigenvalue weighted by molar-refractivity contribution is 7.92. The van der Waals surface area contributed by atoms with E-state index in [4.69, 9.17) is 11.6 Å². The molecule has 28 heavy (non-hydrogen) atoms. The predicted octanol–water partition coefficient (Wildman–Crippen LogP) is 4.21. The predicted molar refractivity (Wildman–Crippen MR) is 106 cm³/mol. The summed E-state index contributed by atoms with van der Waals surface area (Å²) in [5.74, 6) is -0.904. The molecule has 0 atom stereocenters. The average Bonchev–Trinajstić information content (AvgIpc) is 2.69. The third-order valence-corrected chi connectivity index (χ3v) is 5.65. The Bertz CT molecular complexity index is 1100. The van der Waals surface area contributed by atoms with Crippen LogP contribution in [0.15, 0.2) is 77.7 Å². The lowest BCUT2D eigenvalue weighted by Crippen LogP contribution is -2.23. The van der Waals surface area contributed by atoms with Gasteiger partial charge in [0.2, 0.25) is 0 Å². The molecule has 0 bridgehead atoms. The molecule has 5 nitrogen and oxygen atoms in total. The number of hydrogen-bond donors (Lipinski definition) is 2. The van der Waals surface area contributed by atoms with E-state index in [0.29, 0.717) is 5.02 Å². The van der Waals surface area contributed by atoms with Crippen molar-refractivity contribution in [2.45, 2.75) is 11.4 Å². The van der Waals surface area contributed by atoms with Gasteiger partial charge in [-0.2, -0.15) is 0 Å². The van der Waals surface area contributed by atoms with Gasteiger partial charge in [-0.05, 0) is 54.1 Å². The minimum atomic E-state index is -3.93. The van der Waals surface area contributed by atoms with Crippen molar-refractivity contribution >= 4 is 33.2 Å². The highest BCUT2D eigenvalue weighted by Crippen LogP contribution is 2.18. The maximum Gasteiger partial charge on any atom is 0.261 e. The quantitative estimate of drug-likeness (QED) is 0.629. The van der Waals surface area contributed by atoms with E-state index in [2.05, 4.69) is 10.0 Å². The minimum Gasteiger partial charge on any atom is -0.348 e. The molecule has 0 saturated carbocycles. The van der Waals surface area contributed by atoms with Gasteiger partial charge < -0.3 is 5.32 Å². The van der Waals surface area contributed by atoms with E-state index in [1.54, 1.807) is 18.2 Å². The SMILES string of the molecule is O=C(NCc1ccccc1Cl)c1cccc(S(=O)(=O)Nc2ccc(F)cc2)c1. The first kappa shape index (κ1) is 19.9. The van der Waals surface area contributed by atoms with Crippen molar-refractivity contribution in [1.82, 2.24) is 5.32 Å². The molecule has 1 amide bonds. The maximum absolute atomic E-state index is 13.0. The van der Waals surface area contributed by atoms with E-state index in [0.717, 1.165) is 17.7 Å². The molecule has 3 aromatic rings. The molecule has 0 unspecified atom stereocenters. The molecule has 8 heteroatoms. The average molecular weight is 419 g/mol. The van der Waals surface area contributed by atoms with E-state index in [1.807, 2.05) is 6.07 Å². The Labute approximate surface area is 167 Å². The van der Waals surface area contributed by atoms with Crippen molar-refractivity contribution in [1.29, 1.82) is 0 Å². The first-order valence-corrected chi connectivity index (χ1v) is 10.1. The number of anilines is 1. The molecule has 0 heterocycles. The van der Waals surface area contributed by atoms with Crippen LogP contribution in [0.1, 0.15) is 15.9 Å². The summed E-state index contributed by atoms with van der Waals surface area (Å²) in [6, 6.07) is 17.7. The van der Waals surface area contributed by atoms with Crippen molar-refractivity contribution in [3.05, 3.63) is 94.8 Å². The molecular formula is C20H16ClFN2O3S. The van der Waals surface area contributed by atoms with Crippen LogP contribution in [-0.2, 0) is 16.6 Å². The lowest BCUT2D eigenvalue weighted by molar-refractivity contribution is 0.0950. The number of carbonyl (C=O) groups is 1. The van der Waals surface area contributed by atoms with Crippen molar-refractivity contribution in [2.24, 2.45) is 0 Å². The van der Waals surface area contributed by atoms with E-state index in [1.165, 1.54) is 36.4 Å². The number of halogens is 2. The molecule has 144 valence electrons. The summed E-state index contributed by atoms with van der Waals surface area (Å²) in [7, 11) is -3.93. The Morgan fingerprint density at radius 1 is 0.964 bits per heavy atom. The molecule has 0 aliphatic carbocycles. The maximum atomic E-state index is 13.0. The highest BCUT2D eigenvalue weighted by atomic mass is 35.5. The van der Waals surface area contributed by atoms with E-state index >= 15 is 0 Å². The Morgan fingerprint density at radius 2 is 1.68 bits per heavy atom. The summed E-state index contributed by atoms with van der Waals surface area (Å²) >= 11 is 6.06. The molecule has 0 saturated heterocycles. The summed E-state index contributed by atoms with van der Waals surface area (Å²) in [5, 5.41) is 3.24. The second-order valence-corrected chi connectivity index (χ2v) is 8.00. The van der Waals surface area contributed by atoms with Crippen LogP contribution in [0, 0.1) is 5.82 Å². The first-order valence-electron chi connectivity index (χ1n) is 8.25. The van der Waals surface area contributed by atoms with Crippen molar-refractivity contribution in [3.63, 3.8) is 0 Å². The zero-order valence-corrected chi connectivity index (χ0v) is 16.1. The van der Waals surface area contributed by atoms with Crippen LogP contribution in [-0.4, -0.2) is 14.3 Å². The fourth-order valence-corrected chi connectivity index (χ4v) is 3.76. The number of carbonyl (C=O) groups excluding carboxylic acids is 1. The lowest BCUT2D eigenvalue weighted by Gasteiger charge is -2.10. The minimum absolute atomic E-state index is 0.0813. The van der Waals surface area contributed by atoms with Gasteiger partial charge in [-0.25, -0.2) is 12.8 Å². The Balaban J connectivity index is 1.74. The van der Waals surface area contributed by atoms with Gasteiger partial charge in [0.1, 0.15) is 5.82 Å². The molecule has 2 N–H and O–H groups in total. The molecule has 0 aliphatic heterocycles. The molecule has 0 fully saturated rings. The van der Waals surface area contributed by atoms with Gasteiger partial charge in [-0.15, -0.1) is 0 Å². The van der Waals surface area contributed by atoms with Gasteiger partial charge in [0.25, 0.3) is 15.9 Å². The Kier molecular flexibility index (Phi) is 5.96. The largest absolute Gasteiger partial charge is 0.348 e. The van der Waals surface area contributed by atoms with Crippen LogP contribution in [0.25, 0.3) is 0 Å². The number of nitrogens with one attached hydrogen (secondary N) is 2. The molecule has 0 spiro atoms. The first-order chi connectivity index (χ1) is 13.3. The van der Waals surface area contributed by atoms with Gasteiger partial charge in [-0.1, -0.05) is 35.9 Å². The van der Waals surface area contributed by atoms with Gasteiger partial charge in [-0.3, -0.25) is 9.52 Å². The van der Waals surface area contributed by atoms with Crippen LogP contribution < -0.4 is 10.0 Å². The second kappa shape index (κ2) is 8.41. The van der Waals surface area contributed by atoms with Crippen molar-refractivity contribution in [2.75, 3.05) is 4.72 Å².